The minimum Gasteiger partial charge on any atom is -0.375 e. The largest absolute Gasteiger partial charge is 0.424 e. The Morgan fingerprint density at radius 2 is 1.29 bits per heavy atom. The van der Waals surface area contributed by atoms with Crippen LogP contribution in [0.4, 0.5) is 22.0 Å². The Hall–Kier alpha value is -2.28. The van der Waals surface area contributed by atoms with Gasteiger partial charge in [-0.05, 0) is 5.56 Å². The summed E-state index contributed by atoms with van der Waals surface area (Å²) in [5, 5.41) is 9.86. The third-order valence-electron chi connectivity index (χ3n) is 3.61. The van der Waals surface area contributed by atoms with Crippen LogP contribution in [-0.2, 0) is 6.42 Å². The van der Waals surface area contributed by atoms with Gasteiger partial charge in [-0.1, -0.05) is 60.7 Å². The summed E-state index contributed by atoms with van der Waals surface area (Å²) in [4.78, 5) is 11.9. The molecule has 0 fully saturated rings. The van der Waals surface area contributed by atoms with Gasteiger partial charge in [-0.2, -0.15) is 22.0 Å². The van der Waals surface area contributed by atoms with Gasteiger partial charge in [-0.25, -0.2) is 0 Å². The molecule has 0 bridgehead atoms. The van der Waals surface area contributed by atoms with Crippen LogP contribution in [0.5, 0.6) is 0 Å². The van der Waals surface area contributed by atoms with Gasteiger partial charge in [-0.3, -0.25) is 4.79 Å². The first kappa shape index (κ1) is 18.1. The first-order valence-corrected chi connectivity index (χ1v) is 6.90. The zero-order valence-corrected chi connectivity index (χ0v) is 12.2. The molecule has 0 aliphatic heterocycles. The lowest BCUT2D eigenvalue weighted by atomic mass is 9.83. The monoisotopic (exact) mass is 344 g/mol. The van der Waals surface area contributed by atoms with Crippen LogP contribution in [0.1, 0.15) is 15.9 Å². The van der Waals surface area contributed by atoms with Crippen LogP contribution in [-0.4, -0.2) is 28.6 Å². The number of benzene rings is 2. The highest BCUT2D eigenvalue weighted by Crippen LogP contribution is 2.45. The van der Waals surface area contributed by atoms with E-state index in [-0.39, 0.29) is 5.56 Å². The molecule has 24 heavy (non-hydrogen) atoms. The van der Waals surface area contributed by atoms with Crippen LogP contribution in [0.2, 0.25) is 0 Å². The Morgan fingerprint density at radius 1 is 0.833 bits per heavy atom. The number of halogens is 5. The quantitative estimate of drug-likeness (QED) is 0.657. The predicted molar refractivity (Wildman–Crippen MR) is 76.9 cm³/mol. The number of alkyl halides is 5. The molecule has 1 unspecified atom stereocenters. The third-order valence-corrected chi connectivity index (χ3v) is 3.61. The lowest BCUT2D eigenvalue weighted by Gasteiger charge is -2.36. The van der Waals surface area contributed by atoms with Crippen molar-refractivity contribution >= 4 is 5.78 Å². The summed E-state index contributed by atoms with van der Waals surface area (Å²) >= 11 is 0. The van der Waals surface area contributed by atoms with Gasteiger partial charge in [0.25, 0.3) is 0 Å². The highest BCUT2D eigenvalue weighted by atomic mass is 19.4. The van der Waals surface area contributed by atoms with Crippen molar-refractivity contribution < 1.29 is 31.9 Å². The molecular formula is C17H13F5O2. The minimum absolute atomic E-state index is 0.169. The molecule has 0 saturated carbocycles. The number of hydrogen-bond acceptors (Lipinski definition) is 2. The highest BCUT2D eigenvalue weighted by Gasteiger charge is 2.71. The smallest absolute Gasteiger partial charge is 0.375 e. The van der Waals surface area contributed by atoms with Crippen molar-refractivity contribution in [3.8, 4) is 0 Å². The number of hydrogen-bond donors (Lipinski definition) is 1. The Labute approximate surface area is 134 Å². The number of rotatable bonds is 5. The van der Waals surface area contributed by atoms with Crippen molar-refractivity contribution in [1.29, 1.82) is 0 Å². The molecule has 0 aliphatic rings. The van der Waals surface area contributed by atoms with Gasteiger partial charge >= 0.3 is 12.1 Å². The molecule has 0 saturated heterocycles. The Balaban J connectivity index is 2.48. The predicted octanol–water partition coefficient (Wildman–Crippen LogP) is 4.04. The van der Waals surface area contributed by atoms with Crippen molar-refractivity contribution in [2.75, 3.05) is 0 Å². The Kier molecular flexibility index (Phi) is 4.75. The van der Waals surface area contributed by atoms with Crippen molar-refractivity contribution in [2.45, 2.75) is 24.1 Å². The number of aliphatic hydroxyl groups is 1. The summed E-state index contributed by atoms with van der Waals surface area (Å²) in [6, 6.07) is 12.4. The van der Waals surface area contributed by atoms with Crippen LogP contribution >= 0.6 is 0 Å². The molecule has 2 aromatic carbocycles. The molecule has 0 spiro atoms. The van der Waals surface area contributed by atoms with E-state index < -0.39 is 35.5 Å². The van der Waals surface area contributed by atoms with Crippen LogP contribution in [0.25, 0.3) is 0 Å². The lowest BCUT2D eigenvalue weighted by Crippen LogP contribution is -2.63. The van der Waals surface area contributed by atoms with Gasteiger partial charge < -0.3 is 5.11 Å². The molecule has 0 amide bonds. The second-order valence-corrected chi connectivity index (χ2v) is 5.29. The molecule has 0 aromatic heterocycles. The average Bonchev–Trinajstić information content (AvgIpc) is 2.54. The van der Waals surface area contributed by atoms with Crippen molar-refractivity contribution in [3.63, 3.8) is 0 Å². The fourth-order valence-electron chi connectivity index (χ4n) is 2.24. The van der Waals surface area contributed by atoms with Crippen LogP contribution in [0.15, 0.2) is 60.7 Å². The van der Waals surface area contributed by atoms with Gasteiger partial charge in [0.2, 0.25) is 11.4 Å². The Bertz CT molecular complexity index is 698. The summed E-state index contributed by atoms with van der Waals surface area (Å²) in [5.41, 5.74) is -5.30. The molecule has 2 nitrogen and oxygen atoms in total. The summed E-state index contributed by atoms with van der Waals surface area (Å²) in [5.74, 6) is -7.14. The maximum Gasteiger partial charge on any atom is 0.424 e. The molecule has 0 heterocycles. The van der Waals surface area contributed by atoms with Gasteiger partial charge in [-0.15, -0.1) is 0 Å². The Morgan fingerprint density at radius 3 is 1.75 bits per heavy atom. The van der Waals surface area contributed by atoms with E-state index in [9.17, 15) is 31.9 Å². The fourth-order valence-corrected chi connectivity index (χ4v) is 2.24. The number of carbonyl (C=O) groups excluding carboxylic acids is 1. The standard InChI is InChI=1S/C17H13F5O2/c18-16(19,14(23)13-9-5-2-6-10-13)15(24,17(20,21)22)11-12-7-3-1-4-8-12/h1-10,24H,11H2. The molecule has 0 radical (unpaired) electrons. The first-order chi connectivity index (χ1) is 11.1. The average molecular weight is 344 g/mol. The molecule has 1 N–H and O–H groups in total. The summed E-state index contributed by atoms with van der Waals surface area (Å²) in [6.07, 6.45) is -7.15. The van der Waals surface area contributed by atoms with E-state index in [2.05, 4.69) is 0 Å². The SMILES string of the molecule is O=C(c1ccccc1)C(F)(F)C(O)(Cc1ccccc1)C(F)(F)F. The highest BCUT2D eigenvalue weighted by molar-refractivity contribution is 6.02. The van der Waals surface area contributed by atoms with E-state index >= 15 is 0 Å². The van der Waals surface area contributed by atoms with Gasteiger partial charge in [0.1, 0.15) is 0 Å². The molecular weight excluding hydrogens is 331 g/mol. The van der Waals surface area contributed by atoms with E-state index in [1.54, 1.807) is 0 Å². The second-order valence-electron chi connectivity index (χ2n) is 5.29. The minimum atomic E-state index is -5.71. The second kappa shape index (κ2) is 6.32. The van der Waals surface area contributed by atoms with Gasteiger partial charge in [0.15, 0.2) is 0 Å². The zero-order chi connectivity index (χ0) is 18.0. The van der Waals surface area contributed by atoms with E-state index in [0.717, 1.165) is 12.1 Å². The number of Topliss-reactive ketones (excluding diaryl/α,β-unsaturated/α-hetero) is 1. The normalized spacial score (nSPS) is 14.9. The zero-order valence-electron chi connectivity index (χ0n) is 12.2. The topological polar surface area (TPSA) is 37.3 Å². The van der Waals surface area contributed by atoms with Gasteiger partial charge in [0.05, 0.1) is 0 Å². The third kappa shape index (κ3) is 3.17. The van der Waals surface area contributed by atoms with E-state index in [1.165, 1.54) is 48.5 Å². The van der Waals surface area contributed by atoms with Crippen molar-refractivity contribution in [3.05, 3.63) is 71.8 Å². The molecule has 1 atom stereocenters. The van der Waals surface area contributed by atoms with Crippen LogP contribution < -0.4 is 0 Å². The van der Waals surface area contributed by atoms with E-state index in [4.69, 9.17) is 0 Å². The lowest BCUT2D eigenvalue weighted by molar-refractivity contribution is -0.316. The van der Waals surface area contributed by atoms with E-state index in [0.29, 0.717) is 0 Å². The first-order valence-electron chi connectivity index (χ1n) is 6.90. The van der Waals surface area contributed by atoms with Crippen molar-refractivity contribution in [2.24, 2.45) is 0 Å². The number of ketones is 1. The number of carbonyl (C=O) groups is 1. The molecule has 7 heteroatoms. The summed E-state index contributed by atoms with van der Waals surface area (Å²) < 4.78 is 68.7. The summed E-state index contributed by atoms with van der Waals surface area (Å²) in [6.45, 7) is 0. The van der Waals surface area contributed by atoms with Crippen LogP contribution in [0.3, 0.4) is 0 Å². The maximum atomic E-state index is 14.4. The van der Waals surface area contributed by atoms with E-state index in [1.807, 2.05) is 0 Å². The van der Waals surface area contributed by atoms with Crippen LogP contribution in [0, 0.1) is 0 Å². The van der Waals surface area contributed by atoms with Crippen molar-refractivity contribution in [1.82, 2.24) is 0 Å². The molecule has 2 aromatic rings. The summed E-state index contributed by atoms with van der Waals surface area (Å²) in [7, 11) is 0. The molecule has 0 aliphatic carbocycles. The molecule has 2 rings (SSSR count). The molecule has 128 valence electrons. The fraction of sp³-hybridized carbons (Fsp3) is 0.235. The van der Waals surface area contributed by atoms with Gasteiger partial charge in [0, 0.05) is 12.0 Å². The maximum absolute atomic E-state index is 14.4.